The molecular weight excluding hydrogens is 424 g/mol. The van der Waals surface area contributed by atoms with Gasteiger partial charge in [-0.25, -0.2) is 4.79 Å². The third-order valence-corrected chi connectivity index (χ3v) is 6.95. The van der Waals surface area contributed by atoms with Crippen molar-refractivity contribution < 1.29 is 14.3 Å². The Hall–Kier alpha value is -3.34. The molecule has 4 rings (SSSR count). The number of rotatable bonds is 7. The normalized spacial score (nSPS) is 20.1. The van der Waals surface area contributed by atoms with Crippen LogP contribution < -0.4 is 10.2 Å². The van der Waals surface area contributed by atoms with Crippen molar-refractivity contribution in [1.29, 1.82) is 0 Å². The number of benzene rings is 2. The average molecular weight is 459 g/mol. The quantitative estimate of drug-likeness (QED) is 0.559. The Balaban J connectivity index is 1.77. The van der Waals surface area contributed by atoms with Gasteiger partial charge in [-0.2, -0.15) is 0 Å². The van der Waals surface area contributed by atoms with Crippen LogP contribution in [0.15, 0.2) is 77.1 Å². The summed E-state index contributed by atoms with van der Waals surface area (Å²) in [6.07, 6.45) is 1.18. The van der Waals surface area contributed by atoms with E-state index in [9.17, 15) is 9.59 Å². The molecule has 34 heavy (non-hydrogen) atoms. The van der Waals surface area contributed by atoms with Gasteiger partial charge >= 0.3 is 5.97 Å². The first-order valence-corrected chi connectivity index (χ1v) is 12.3. The highest BCUT2D eigenvalue weighted by Crippen LogP contribution is 2.45. The molecule has 0 radical (unpaired) electrons. The minimum Gasteiger partial charge on any atom is -0.463 e. The summed E-state index contributed by atoms with van der Waals surface area (Å²) in [5.74, 6) is -0.572. The van der Waals surface area contributed by atoms with Crippen molar-refractivity contribution >= 4 is 17.4 Å². The molecule has 178 valence electrons. The number of ketones is 1. The fourth-order valence-corrected chi connectivity index (χ4v) is 5.28. The van der Waals surface area contributed by atoms with Crippen LogP contribution in [-0.4, -0.2) is 31.4 Å². The van der Waals surface area contributed by atoms with Crippen LogP contribution in [0.3, 0.4) is 0 Å². The van der Waals surface area contributed by atoms with Gasteiger partial charge in [0.25, 0.3) is 0 Å². The average Bonchev–Trinajstić information content (AvgIpc) is 2.85. The highest BCUT2D eigenvalue weighted by Gasteiger charge is 2.41. The monoisotopic (exact) mass is 458 g/mol. The van der Waals surface area contributed by atoms with E-state index < -0.39 is 5.92 Å². The molecule has 2 aliphatic rings. The van der Waals surface area contributed by atoms with Crippen LogP contribution in [0.25, 0.3) is 0 Å². The summed E-state index contributed by atoms with van der Waals surface area (Å²) in [6, 6.07) is 18.5. The molecule has 2 atom stereocenters. The molecule has 0 unspecified atom stereocenters. The van der Waals surface area contributed by atoms with Gasteiger partial charge < -0.3 is 15.0 Å². The molecule has 2 aromatic rings. The number of Topliss-reactive ketones (excluding diaryl/α,β-unsaturated/α-hetero) is 1. The number of carbonyl (C=O) groups is 2. The van der Waals surface area contributed by atoms with E-state index in [1.165, 1.54) is 5.56 Å². The zero-order chi connectivity index (χ0) is 24.2. The van der Waals surface area contributed by atoms with E-state index in [4.69, 9.17) is 4.74 Å². The zero-order valence-electron chi connectivity index (χ0n) is 20.6. The molecular formula is C29H34N2O3. The van der Waals surface area contributed by atoms with Gasteiger partial charge in [-0.3, -0.25) is 4.79 Å². The lowest BCUT2D eigenvalue weighted by atomic mass is 9.71. The number of ether oxygens (including phenoxy) is 1. The molecule has 0 bridgehead atoms. The van der Waals surface area contributed by atoms with Crippen LogP contribution in [0, 0.1) is 0 Å². The summed E-state index contributed by atoms with van der Waals surface area (Å²) in [7, 11) is 0. The summed E-state index contributed by atoms with van der Waals surface area (Å²) in [5.41, 5.74) is 6.17. The number of esters is 1. The molecule has 1 heterocycles. The topological polar surface area (TPSA) is 58.6 Å². The van der Waals surface area contributed by atoms with Gasteiger partial charge in [0, 0.05) is 48.1 Å². The maximum Gasteiger partial charge on any atom is 0.336 e. The van der Waals surface area contributed by atoms with Gasteiger partial charge in [0.2, 0.25) is 0 Å². The number of nitrogens with zero attached hydrogens (tertiary/aromatic N) is 1. The Bertz CT molecular complexity index is 1110. The van der Waals surface area contributed by atoms with E-state index in [1.54, 1.807) is 6.92 Å². The standard InChI is InChI=1S/C29H34N2O3/c1-5-31(6-2)23-15-13-21(14-16-23)27-26(29(33)34-7-3)19(4)30-24-17-22(18-25(32)28(24)27)20-11-9-8-10-12-20/h8-16,22,27,30H,5-7,17-18H2,1-4H3/t22-,27-/m0/s1. The number of allylic oxidation sites excluding steroid dienone is 3. The molecule has 1 N–H and O–H groups in total. The summed E-state index contributed by atoms with van der Waals surface area (Å²) in [4.78, 5) is 29.0. The molecule has 0 spiro atoms. The Labute approximate surface area is 202 Å². The van der Waals surface area contributed by atoms with Crippen LogP contribution >= 0.6 is 0 Å². The SMILES string of the molecule is CCOC(=O)C1=C(C)NC2=C(C(=O)C[C@@H](c3ccccc3)C2)[C@H]1c1ccc(N(CC)CC)cc1. The first kappa shape index (κ1) is 23.8. The van der Waals surface area contributed by atoms with E-state index >= 15 is 0 Å². The van der Waals surface area contributed by atoms with Gasteiger partial charge in [0.15, 0.2) is 5.78 Å². The van der Waals surface area contributed by atoms with Crippen molar-refractivity contribution in [2.75, 3.05) is 24.6 Å². The fraction of sp³-hybridized carbons (Fsp3) is 0.379. The molecule has 0 fully saturated rings. The van der Waals surface area contributed by atoms with Crippen LogP contribution in [-0.2, 0) is 14.3 Å². The highest BCUT2D eigenvalue weighted by molar-refractivity contribution is 6.04. The number of hydrogen-bond acceptors (Lipinski definition) is 5. The van der Waals surface area contributed by atoms with E-state index in [-0.39, 0.29) is 17.7 Å². The molecule has 0 saturated carbocycles. The second kappa shape index (κ2) is 10.3. The van der Waals surface area contributed by atoms with Gasteiger partial charge in [-0.05, 0) is 63.3 Å². The van der Waals surface area contributed by atoms with Crippen molar-refractivity contribution in [2.45, 2.75) is 52.4 Å². The van der Waals surface area contributed by atoms with E-state index in [0.29, 0.717) is 24.2 Å². The molecule has 0 amide bonds. The number of nitrogens with one attached hydrogen (secondary N) is 1. The summed E-state index contributed by atoms with van der Waals surface area (Å²) in [5, 5.41) is 3.41. The minimum atomic E-state index is -0.426. The maximum atomic E-state index is 13.6. The number of anilines is 1. The first-order valence-electron chi connectivity index (χ1n) is 12.3. The molecule has 5 heteroatoms. The zero-order valence-corrected chi connectivity index (χ0v) is 20.6. The molecule has 1 aliphatic carbocycles. The van der Waals surface area contributed by atoms with Crippen LogP contribution in [0.2, 0.25) is 0 Å². The lowest BCUT2D eigenvalue weighted by Gasteiger charge is -2.37. The second-order valence-corrected chi connectivity index (χ2v) is 8.91. The van der Waals surface area contributed by atoms with Crippen LogP contribution in [0.1, 0.15) is 63.5 Å². The van der Waals surface area contributed by atoms with Crippen molar-refractivity contribution in [3.63, 3.8) is 0 Å². The van der Waals surface area contributed by atoms with Gasteiger partial charge in [0.1, 0.15) is 0 Å². The van der Waals surface area contributed by atoms with Gasteiger partial charge in [0.05, 0.1) is 12.2 Å². The lowest BCUT2D eigenvalue weighted by molar-refractivity contribution is -0.138. The van der Waals surface area contributed by atoms with Crippen molar-refractivity contribution in [3.8, 4) is 0 Å². The molecule has 2 aromatic carbocycles. The van der Waals surface area contributed by atoms with Crippen molar-refractivity contribution in [1.82, 2.24) is 5.32 Å². The highest BCUT2D eigenvalue weighted by atomic mass is 16.5. The van der Waals surface area contributed by atoms with Gasteiger partial charge in [-0.1, -0.05) is 42.5 Å². The third kappa shape index (κ3) is 4.52. The Morgan fingerprint density at radius 2 is 1.65 bits per heavy atom. The molecule has 0 aromatic heterocycles. The predicted octanol–water partition coefficient (Wildman–Crippen LogP) is 5.46. The summed E-state index contributed by atoms with van der Waals surface area (Å²) in [6.45, 7) is 10.1. The largest absolute Gasteiger partial charge is 0.463 e. The molecule has 1 aliphatic heterocycles. The maximum absolute atomic E-state index is 13.6. The number of carbonyl (C=O) groups excluding carboxylic acids is 2. The number of hydrogen-bond donors (Lipinski definition) is 1. The first-order chi connectivity index (χ1) is 16.5. The number of dihydropyridines is 1. The van der Waals surface area contributed by atoms with Crippen molar-refractivity contribution in [3.05, 3.63) is 88.3 Å². The van der Waals surface area contributed by atoms with Crippen molar-refractivity contribution in [2.24, 2.45) is 0 Å². The fourth-order valence-electron chi connectivity index (χ4n) is 5.28. The summed E-state index contributed by atoms with van der Waals surface area (Å²) >= 11 is 0. The third-order valence-electron chi connectivity index (χ3n) is 6.95. The Kier molecular flexibility index (Phi) is 7.20. The smallest absolute Gasteiger partial charge is 0.336 e. The summed E-state index contributed by atoms with van der Waals surface area (Å²) < 4.78 is 5.43. The molecule has 5 nitrogen and oxygen atoms in total. The minimum absolute atomic E-state index is 0.0923. The molecule has 0 saturated heterocycles. The Morgan fingerprint density at radius 1 is 0.971 bits per heavy atom. The van der Waals surface area contributed by atoms with E-state index in [2.05, 4.69) is 60.5 Å². The van der Waals surface area contributed by atoms with Gasteiger partial charge in [-0.15, -0.1) is 0 Å². The van der Waals surface area contributed by atoms with Crippen LogP contribution in [0.4, 0.5) is 5.69 Å². The van der Waals surface area contributed by atoms with E-state index in [1.807, 2.05) is 25.1 Å². The van der Waals surface area contributed by atoms with E-state index in [0.717, 1.165) is 42.2 Å². The Morgan fingerprint density at radius 3 is 2.26 bits per heavy atom. The lowest BCUT2D eigenvalue weighted by Crippen LogP contribution is -2.36. The predicted molar refractivity (Wildman–Crippen MR) is 136 cm³/mol. The van der Waals surface area contributed by atoms with Crippen LogP contribution in [0.5, 0.6) is 0 Å². The second-order valence-electron chi connectivity index (χ2n) is 8.91.